The van der Waals surface area contributed by atoms with Gasteiger partial charge in [0.05, 0.1) is 21.3 Å². The SMILES string of the molecule is c1ccc(-c2nc(-c3cccc(-c4ccc5c(c4)oc4ccccc45)c3)nc(-c3ccc4c(c3)c3ccccc3n4-c3nc4ccccc4s3)n2)cc1. The molecule has 53 heavy (non-hydrogen) atoms. The lowest BCUT2D eigenvalue weighted by molar-refractivity contribution is 0.669. The maximum Gasteiger partial charge on any atom is 0.195 e. The minimum absolute atomic E-state index is 0.609. The Bertz CT molecular complexity index is 3160. The topological polar surface area (TPSA) is 69.6 Å². The van der Waals surface area contributed by atoms with Crippen molar-refractivity contribution in [3.05, 3.63) is 164 Å². The number of fused-ring (bicyclic) bond motifs is 7. The van der Waals surface area contributed by atoms with Crippen LogP contribution in [0.15, 0.2) is 168 Å². The van der Waals surface area contributed by atoms with E-state index >= 15 is 0 Å². The van der Waals surface area contributed by atoms with E-state index < -0.39 is 0 Å². The Morgan fingerprint density at radius 2 is 1.02 bits per heavy atom. The van der Waals surface area contributed by atoms with Crippen molar-refractivity contribution in [2.45, 2.75) is 0 Å². The second-order valence-electron chi connectivity index (χ2n) is 13.1. The van der Waals surface area contributed by atoms with E-state index in [0.29, 0.717) is 17.5 Å². The normalized spacial score (nSPS) is 11.8. The van der Waals surface area contributed by atoms with Crippen molar-refractivity contribution >= 4 is 65.3 Å². The van der Waals surface area contributed by atoms with Gasteiger partial charge in [-0.05, 0) is 71.8 Å². The van der Waals surface area contributed by atoms with Crippen LogP contribution >= 0.6 is 11.3 Å². The first-order valence-electron chi connectivity index (χ1n) is 17.5. The number of para-hydroxylation sites is 3. The van der Waals surface area contributed by atoms with E-state index in [-0.39, 0.29) is 0 Å². The van der Waals surface area contributed by atoms with Gasteiger partial charge in [0, 0.05) is 38.2 Å². The zero-order chi connectivity index (χ0) is 34.9. The minimum Gasteiger partial charge on any atom is -0.456 e. The van der Waals surface area contributed by atoms with Crippen LogP contribution in [-0.2, 0) is 0 Å². The van der Waals surface area contributed by atoms with Crippen LogP contribution in [0.1, 0.15) is 0 Å². The first-order valence-corrected chi connectivity index (χ1v) is 18.3. The van der Waals surface area contributed by atoms with Crippen LogP contribution in [0, 0.1) is 0 Å². The molecule has 0 bridgehead atoms. The zero-order valence-electron chi connectivity index (χ0n) is 28.1. The summed E-state index contributed by atoms with van der Waals surface area (Å²) in [6.45, 7) is 0. The Balaban J connectivity index is 1.06. The smallest absolute Gasteiger partial charge is 0.195 e. The predicted octanol–water partition coefficient (Wildman–Crippen LogP) is 12.1. The van der Waals surface area contributed by atoms with Gasteiger partial charge in [-0.3, -0.25) is 4.57 Å². The molecule has 4 aromatic heterocycles. The number of nitrogens with zero attached hydrogens (tertiary/aromatic N) is 5. The predicted molar refractivity (Wildman–Crippen MR) is 216 cm³/mol. The van der Waals surface area contributed by atoms with Crippen molar-refractivity contribution in [3.63, 3.8) is 0 Å². The lowest BCUT2D eigenvalue weighted by Gasteiger charge is -2.10. The molecule has 11 rings (SSSR count). The summed E-state index contributed by atoms with van der Waals surface area (Å²) in [6.07, 6.45) is 0. The summed E-state index contributed by atoms with van der Waals surface area (Å²) in [5.74, 6) is 1.84. The molecule has 0 N–H and O–H groups in total. The van der Waals surface area contributed by atoms with E-state index in [1.165, 1.54) is 0 Å². The van der Waals surface area contributed by atoms with Crippen LogP contribution in [0.2, 0.25) is 0 Å². The van der Waals surface area contributed by atoms with Crippen LogP contribution in [-0.4, -0.2) is 24.5 Å². The molecule has 4 heterocycles. The van der Waals surface area contributed by atoms with Gasteiger partial charge in [-0.2, -0.15) is 0 Å². The molecule has 6 nitrogen and oxygen atoms in total. The van der Waals surface area contributed by atoms with Crippen molar-refractivity contribution in [3.8, 4) is 50.4 Å². The molecule has 0 aliphatic rings. The molecule has 7 heteroatoms. The number of thiazole rings is 1. The second kappa shape index (κ2) is 11.8. The van der Waals surface area contributed by atoms with E-state index in [9.17, 15) is 0 Å². The Morgan fingerprint density at radius 1 is 0.396 bits per heavy atom. The summed E-state index contributed by atoms with van der Waals surface area (Å²) in [6, 6.07) is 56.3. The largest absolute Gasteiger partial charge is 0.456 e. The van der Waals surface area contributed by atoms with Gasteiger partial charge < -0.3 is 4.42 Å². The molecular formula is C46H27N5OS. The summed E-state index contributed by atoms with van der Waals surface area (Å²) in [7, 11) is 0. The van der Waals surface area contributed by atoms with E-state index in [0.717, 1.165) is 86.9 Å². The van der Waals surface area contributed by atoms with E-state index in [4.69, 9.17) is 24.4 Å². The van der Waals surface area contributed by atoms with Gasteiger partial charge in [-0.1, -0.05) is 114 Å². The van der Waals surface area contributed by atoms with E-state index in [2.05, 4.69) is 114 Å². The molecule has 0 saturated carbocycles. The molecule has 0 saturated heterocycles. The van der Waals surface area contributed by atoms with Gasteiger partial charge in [-0.25, -0.2) is 19.9 Å². The van der Waals surface area contributed by atoms with Crippen molar-refractivity contribution in [1.29, 1.82) is 0 Å². The fraction of sp³-hybridized carbons (Fsp3) is 0. The maximum atomic E-state index is 6.22. The number of rotatable bonds is 5. The first-order chi connectivity index (χ1) is 26.2. The average molecular weight is 698 g/mol. The van der Waals surface area contributed by atoms with Crippen LogP contribution in [0.4, 0.5) is 0 Å². The highest BCUT2D eigenvalue weighted by atomic mass is 32.1. The molecule has 0 radical (unpaired) electrons. The van der Waals surface area contributed by atoms with Gasteiger partial charge in [0.25, 0.3) is 0 Å². The lowest BCUT2D eigenvalue weighted by atomic mass is 10.0. The van der Waals surface area contributed by atoms with Crippen molar-refractivity contribution in [2.24, 2.45) is 0 Å². The number of hydrogen-bond donors (Lipinski definition) is 0. The molecule has 7 aromatic carbocycles. The number of benzene rings is 7. The van der Waals surface area contributed by atoms with Crippen LogP contribution in [0.25, 0.3) is 104 Å². The third-order valence-corrected chi connectivity index (χ3v) is 10.9. The zero-order valence-corrected chi connectivity index (χ0v) is 29.0. The third-order valence-electron chi connectivity index (χ3n) is 9.90. The van der Waals surface area contributed by atoms with E-state index in [1.54, 1.807) is 11.3 Å². The van der Waals surface area contributed by atoms with Gasteiger partial charge in [0.15, 0.2) is 22.6 Å². The molecule has 0 amide bonds. The molecular weight excluding hydrogens is 671 g/mol. The number of furan rings is 1. The summed E-state index contributed by atoms with van der Waals surface area (Å²) < 4.78 is 9.65. The highest BCUT2D eigenvalue weighted by Gasteiger charge is 2.18. The Morgan fingerprint density at radius 3 is 1.89 bits per heavy atom. The molecule has 0 unspecified atom stereocenters. The summed E-state index contributed by atoms with van der Waals surface area (Å²) in [5, 5.41) is 5.43. The summed E-state index contributed by atoms with van der Waals surface area (Å²) >= 11 is 1.70. The van der Waals surface area contributed by atoms with Crippen LogP contribution in [0.5, 0.6) is 0 Å². The fourth-order valence-corrected chi connectivity index (χ4v) is 8.36. The number of hydrogen-bond acceptors (Lipinski definition) is 6. The molecule has 0 aliphatic carbocycles. The average Bonchev–Trinajstić information content (AvgIpc) is 3.92. The van der Waals surface area contributed by atoms with Crippen molar-refractivity contribution in [2.75, 3.05) is 0 Å². The minimum atomic E-state index is 0.609. The highest BCUT2D eigenvalue weighted by molar-refractivity contribution is 7.20. The quantitative estimate of drug-likeness (QED) is 0.179. The van der Waals surface area contributed by atoms with Crippen molar-refractivity contribution < 1.29 is 4.42 Å². The lowest BCUT2D eigenvalue weighted by Crippen LogP contribution is -2.00. The Hall–Kier alpha value is -6.96. The molecule has 0 fully saturated rings. The Labute approximate surface area is 307 Å². The Kier molecular flexibility index (Phi) is 6.62. The van der Waals surface area contributed by atoms with Gasteiger partial charge in [0.2, 0.25) is 0 Å². The van der Waals surface area contributed by atoms with Crippen LogP contribution < -0.4 is 0 Å². The van der Waals surface area contributed by atoms with Gasteiger partial charge in [-0.15, -0.1) is 0 Å². The molecule has 0 atom stereocenters. The van der Waals surface area contributed by atoms with Gasteiger partial charge in [0.1, 0.15) is 11.2 Å². The summed E-state index contributed by atoms with van der Waals surface area (Å²) in [4.78, 5) is 20.3. The third kappa shape index (κ3) is 4.93. The molecule has 11 aromatic rings. The molecule has 0 spiro atoms. The first kappa shape index (κ1) is 29.7. The van der Waals surface area contributed by atoms with E-state index in [1.807, 2.05) is 54.6 Å². The van der Waals surface area contributed by atoms with Crippen molar-refractivity contribution in [1.82, 2.24) is 24.5 Å². The fourth-order valence-electron chi connectivity index (χ4n) is 7.37. The monoisotopic (exact) mass is 697 g/mol. The second-order valence-corrected chi connectivity index (χ2v) is 14.1. The summed E-state index contributed by atoms with van der Waals surface area (Å²) in [5.41, 5.74) is 9.81. The number of aromatic nitrogens is 5. The standard InChI is InChI=1S/C46H27N5OS/c1-2-11-28(12-3-1)43-48-44(31-14-10-13-29(25-31)30-21-23-35-34-16-5-8-19-40(34)52-41(35)27-30)50-45(49-43)32-22-24-39-36(26-32)33-15-4-7-18-38(33)51(39)46-47-37-17-6-9-20-42(37)53-46/h1-27H. The van der Waals surface area contributed by atoms with Gasteiger partial charge >= 0.3 is 0 Å². The molecule has 248 valence electrons. The molecule has 0 aliphatic heterocycles. The van der Waals surface area contributed by atoms with Crippen LogP contribution in [0.3, 0.4) is 0 Å². The maximum absolute atomic E-state index is 6.22. The highest BCUT2D eigenvalue weighted by Crippen LogP contribution is 2.38.